The molecule has 0 aromatic heterocycles. The van der Waals surface area contributed by atoms with Crippen molar-refractivity contribution in [3.05, 3.63) is 0 Å². The third-order valence-electron chi connectivity index (χ3n) is 11.2. The van der Waals surface area contributed by atoms with Crippen LogP contribution in [0.15, 0.2) is 0 Å². The number of hydrogen-bond donors (Lipinski definition) is 0. The van der Waals surface area contributed by atoms with Crippen LogP contribution in [0.25, 0.3) is 0 Å². The van der Waals surface area contributed by atoms with Gasteiger partial charge in [-0.1, -0.05) is 20.8 Å². The standard InChI is InChI=1S/C27H42O5/c1-16(15-28)18-6-7-19-17-13-27(29-10-11-30-27)23-12-21-22(32-24(2,3)31-21)14-26(23,5)20(17)8-9-25(18,19)4/h15-23H,6-14H2,1-5H3/t16?,17-,18+,19-,20-,21-,22+,23?,25+,26+/m0/s1. The van der Waals surface area contributed by atoms with E-state index in [2.05, 4.69) is 34.6 Å². The van der Waals surface area contributed by atoms with Gasteiger partial charge in [0.05, 0.1) is 25.4 Å². The van der Waals surface area contributed by atoms with Gasteiger partial charge in [-0.3, -0.25) is 0 Å². The average molecular weight is 447 g/mol. The quantitative estimate of drug-likeness (QED) is 0.561. The Labute approximate surface area is 193 Å². The van der Waals surface area contributed by atoms with Crippen molar-refractivity contribution in [2.45, 2.75) is 103 Å². The minimum atomic E-state index is -0.502. The Morgan fingerprint density at radius 3 is 2.28 bits per heavy atom. The van der Waals surface area contributed by atoms with Crippen molar-refractivity contribution in [1.29, 1.82) is 0 Å². The van der Waals surface area contributed by atoms with E-state index in [1.54, 1.807) is 0 Å². The minimum Gasteiger partial charge on any atom is -0.347 e. The number of ether oxygens (including phenoxy) is 4. The Morgan fingerprint density at radius 2 is 1.56 bits per heavy atom. The largest absolute Gasteiger partial charge is 0.347 e. The molecule has 1 spiro atoms. The highest BCUT2D eigenvalue weighted by Crippen LogP contribution is 2.71. The van der Waals surface area contributed by atoms with Crippen molar-refractivity contribution in [3.63, 3.8) is 0 Å². The van der Waals surface area contributed by atoms with Gasteiger partial charge in [0.15, 0.2) is 11.6 Å². The van der Waals surface area contributed by atoms with Crippen molar-refractivity contribution in [2.24, 2.45) is 46.3 Å². The lowest BCUT2D eigenvalue weighted by atomic mass is 9.43. The van der Waals surface area contributed by atoms with Gasteiger partial charge >= 0.3 is 0 Å². The molecule has 6 rings (SSSR count). The molecule has 0 aromatic carbocycles. The molecule has 4 aliphatic carbocycles. The SMILES string of the molecule is CC(C=O)[C@H]1CC[C@H]2[C@@H]3CC4(OCCO4)C4C[C@@H]5OC(C)(C)O[C@@H]5C[C@]4(C)[C@H]3CC[C@]12C. The molecule has 5 nitrogen and oxygen atoms in total. The molecule has 0 aromatic rings. The second kappa shape index (κ2) is 7.02. The first-order valence-electron chi connectivity index (χ1n) is 13.2. The Morgan fingerprint density at radius 1 is 0.875 bits per heavy atom. The molecule has 180 valence electrons. The van der Waals surface area contributed by atoms with E-state index in [9.17, 15) is 4.79 Å². The summed E-state index contributed by atoms with van der Waals surface area (Å²) in [7, 11) is 0. The topological polar surface area (TPSA) is 54.0 Å². The second-order valence-electron chi connectivity index (χ2n) is 13.0. The number of carbonyl (C=O) groups is 1. The number of aldehydes is 1. The molecule has 32 heavy (non-hydrogen) atoms. The van der Waals surface area contributed by atoms with Crippen LogP contribution in [0.5, 0.6) is 0 Å². The number of rotatable bonds is 2. The number of fused-ring (bicyclic) bond motifs is 7. The molecule has 0 amide bonds. The van der Waals surface area contributed by atoms with Gasteiger partial charge in [0.1, 0.15) is 6.29 Å². The number of hydrogen-bond acceptors (Lipinski definition) is 5. The van der Waals surface area contributed by atoms with Gasteiger partial charge in [0.2, 0.25) is 0 Å². The predicted octanol–water partition coefficient (Wildman–Crippen LogP) is 4.96. The normalized spacial score (nSPS) is 53.8. The molecule has 0 N–H and O–H groups in total. The minimum absolute atomic E-state index is 0.133. The van der Waals surface area contributed by atoms with E-state index < -0.39 is 11.6 Å². The maximum Gasteiger partial charge on any atom is 0.172 e. The van der Waals surface area contributed by atoms with E-state index >= 15 is 0 Å². The fourth-order valence-corrected chi connectivity index (χ4v) is 10.1. The molecule has 2 unspecified atom stereocenters. The first-order valence-corrected chi connectivity index (χ1v) is 13.2. The first-order chi connectivity index (χ1) is 15.1. The van der Waals surface area contributed by atoms with Crippen LogP contribution in [-0.4, -0.2) is 43.3 Å². The van der Waals surface area contributed by atoms with Crippen LogP contribution >= 0.6 is 0 Å². The summed E-state index contributed by atoms with van der Waals surface area (Å²) in [6, 6.07) is 0. The van der Waals surface area contributed by atoms with E-state index in [0.29, 0.717) is 42.8 Å². The van der Waals surface area contributed by atoms with Crippen molar-refractivity contribution in [3.8, 4) is 0 Å². The van der Waals surface area contributed by atoms with Crippen molar-refractivity contribution < 1.29 is 23.7 Å². The van der Waals surface area contributed by atoms with Gasteiger partial charge < -0.3 is 23.7 Å². The molecule has 6 fully saturated rings. The van der Waals surface area contributed by atoms with Crippen LogP contribution in [0.4, 0.5) is 0 Å². The highest BCUT2D eigenvalue weighted by molar-refractivity contribution is 5.53. The van der Waals surface area contributed by atoms with Gasteiger partial charge in [-0.15, -0.1) is 0 Å². The van der Waals surface area contributed by atoms with Gasteiger partial charge in [0, 0.05) is 18.3 Å². The van der Waals surface area contributed by atoms with Crippen LogP contribution in [0.1, 0.15) is 79.6 Å². The maximum atomic E-state index is 11.7. The summed E-state index contributed by atoms with van der Waals surface area (Å²) in [5.74, 6) is 1.98. The molecule has 5 heteroatoms. The first kappa shape index (κ1) is 22.0. The summed E-state index contributed by atoms with van der Waals surface area (Å²) in [5, 5.41) is 0. The summed E-state index contributed by atoms with van der Waals surface area (Å²) in [4.78, 5) is 11.7. The van der Waals surface area contributed by atoms with E-state index in [1.807, 2.05) is 0 Å². The Balaban J connectivity index is 1.37. The van der Waals surface area contributed by atoms with Crippen LogP contribution in [0.2, 0.25) is 0 Å². The van der Waals surface area contributed by atoms with E-state index in [-0.39, 0.29) is 29.0 Å². The molecule has 10 atom stereocenters. The van der Waals surface area contributed by atoms with Gasteiger partial charge in [-0.05, 0) is 86.9 Å². The average Bonchev–Trinajstić information content (AvgIpc) is 3.40. The molecule has 2 heterocycles. The van der Waals surface area contributed by atoms with Crippen LogP contribution in [-0.2, 0) is 23.7 Å². The highest BCUT2D eigenvalue weighted by atomic mass is 16.8. The smallest absolute Gasteiger partial charge is 0.172 e. The van der Waals surface area contributed by atoms with Crippen LogP contribution in [0, 0.1) is 46.3 Å². The van der Waals surface area contributed by atoms with Gasteiger partial charge in [-0.2, -0.15) is 0 Å². The molecule has 2 aliphatic heterocycles. The van der Waals surface area contributed by atoms with Gasteiger partial charge in [0.25, 0.3) is 0 Å². The van der Waals surface area contributed by atoms with Crippen molar-refractivity contribution in [1.82, 2.24) is 0 Å². The third kappa shape index (κ3) is 2.86. The molecule has 6 aliphatic rings. The van der Waals surface area contributed by atoms with Gasteiger partial charge in [-0.25, -0.2) is 0 Å². The third-order valence-corrected chi connectivity index (χ3v) is 11.2. The van der Waals surface area contributed by atoms with Crippen molar-refractivity contribution in [2.75, 3.05) is 13.2 Å². The molecule has 0 bridgehead atoms. The second-order valence-corrected chi connectivity index (χ2v) is 13.0. The summed E-state index contributed by atoms with van der Waals surface area (Å²) >= 11 is 0. The lowest BCUT2D eigenvalue weighted by molar-refractivity contribution is -0.300. The van der Waals surface area contributed by atoms with E-state index in [0.717, 1.165) is 19.3 Å². The molecule has 0 radical (unpaired) electrons. The summed E-state index contributed by atoms with van der Waals surface area (Å²) < 4.78 is 25.9. The fourth-order valence-electron chi connectivity index (χ4n) is 10.1. The van der Waals surface area contributed by atoms with Crippen LogP contribution in [0.3, 0.4) is 0 Å². The molecule has 4 saturated carbocycles. The van der Waals surface area contributed by atoms with E-state index in [1.165, 1.54) is 32.0 Å². The van der Waals surface area contributed by atoms with Crippen LogP contribution < -0.4 is 0 Å². The Kier molecular flexibility index (Phi) is 4.83. The summed E-state index contributed by atoms with van der Waals surface area (Å²) in [6.45, 7) is 12.7. The Hall–Kier alpha value is -0.490. The van der Waals surface area contributed by atoms with E-state index in [4.69, 9.17) is 18.9 Å². The monoisotopic (exact) mass is 446 g/mol. The summed E-state index contributed by atoms with van der Waals surface area (Å²) in [6.07, 6.45) is 9.48. The highest BCUT2D eigenvalue weighted by Gasteiger charge is 2.70. The Bertz CT molecular complexity index is 774. The predicted molar refractivity (Wildman–Crippen MR) is 120 cm³/mol. The zero-order chi connectivity index (χ0) is 22.5. The van der Waals surface area contributed by atoms with Crippen molar-refractivity contribution >= 4 is 6.29 Å². The number of carbonyl (C=O) groups excluding carboxylic acids is 1. The molecule has 2 saturated heterocycles. The molecular weight excluding hydrogens is 404 g/mol. The maximum absolute atomic E-state index is 11.7. The summed E-state index contributed by atoms with van der Waals surface area (Å²) in [5.41, 5.74) is 0.393. The zero-order valence-corrected chi connectivity index (χ0v) is 20.6. The lowest BCUT2D eigenvalue weighted by Gasteiger charge is -2.65. The lowest BCUT2D eigenvalue weighted by Crippen LogP contribution is -2.65. The molecular formula is C27H42O5. The zero-order valence-electron chi connectivity index (χ0n) is 20.6. The fraction of sp³-hybridized carbons (Fsp3) is 0.963.